The first-order chi connectivity index (χ1) is 10.4. The summed E-state index contributed by atoms with van der Waals surface area (Å²) < 4.78 is 0. The molecule has 3 atom stereocenters. The molecule has 0 radical (unpaired) electrons. The number of rotatable bonds is 4. The van der Waals surface area contributed by atoms with Crippen molar-refractivity contribution in [1.29, 1.82) is 0 Å². The van der Waals surface area contributed by atoms with Crippen LogP contribution in [0, 0.1) is 5.92 Å². The number of nitrogens with two attached hydrogens (primary N) is 1. The molecule has 2 N–H and O–H groups in total. The van der Waals surface area contributed by atoms with Crippen molar-refractivity contribution in [1.82, 2.24) is 4.90 Å². The van der Waals surface area contributed by atoms with Gasteiger partial charge in [-0.25, -0.2) is 0 Å². The Labute approximate surface area is 128 Å². The molecular weight excluding hydrogens is 256 g/mol. The minimum absolute atomic E-state index is 0.436. The van der Waals surface area contributed by atoms with E-state index < -0.39 is 0 Å². The Bertz CT molecular complexity index is 477. The van der Waals surface area contributed by atoms with E-state index in [4.69, 9.17) is 5.73 Å². The predicted octanol–water partition coefficient (Wildman–Crippen LogP) is 3.83. The van der Waals surface area contributed by atoms with Crippen molar-refractivity contribution in [3.05, 3.63) is 35.4 Å². The summed E-state index contributed by atoms with van der Waals surface area (Å²) >= 11 is 0. The maximum absolute atomic E-state index is 6.17. The number of likely N-dealkylation sites (tertiary alicyclic amines) is 1. The molecule has 1 aliphatic heterocycles. The van der Waals surface area contributed by atoms with E-state index in [0.29, 0.717) is 6.04 Å². The smallest absolute Gasteiger partial charge is 0.0473 e. The van der Waals surface area contributed by atoms with Crippen LogP contribution < -0.4 is 5.73 Å². The third-order valence-corrected chi connectivity index (χ3v) is 6.05. The summed E-state index contributed by atoms with van der Waals surface area (Å²) in [6, 6.07) is 10.6. The number of nitrogens with zero attached hydrogens (tertiary/aromatic N) is 1. The highest BCUT2D eigenvalue weighted by Gasteiger charge is 2.39. The summed E-state index contributed by atoms with van der Waals surface area (Å²) in [6.07, 6.45) is 9.85. The Morgan fingerprint density at radius 1 is 1.00 bits per heavy atom. The van der Waals surface area contributed by atoms with Gasteiger partial charge in [0.05, 0.1) is 0 Å². The van der Waals surface area contributed by atoms with Crippen LogP contribution in [0.4, 0.5) is 0 Å². The lowest BCUT2D eigenvalue weighted by Gasteiger charge is -2.37. The first-order valence-corrected chi connectivity index (χ1v) is 8.92. The number of hydrogen-bond acceptors (Lipinski definition) is 2. The highest BCUT2D eigenvalue weighted by atomic mass is 15.2. The van der Waals surface area contributed by atoms with Crippen molar-refractivity contribution in [2.24, 2.45) is 11.7 Å². The molecule has 3 unspecified atom stereocenters. The van der Waals surface area contributed by atoms with E-state index >= 15 is 0 Å². The second kappa shape index (κ2) is 5.73. The van der Waals surface area contributed by atoms with Gasteiger partial charge in [0.1, 0.15) is 0 Å². The third kappa shape index (κ3) is 2.64. The van der Waals surface area contributed by atoms with Crippen LogP contribution in [0.2, 0.25) is 0 Å². The number of fused-ring (bicyclic) bond motifs is 1. The fourth-order valence-electron chi connectivity index (χ4n) is 4.70. The molecule has 0 bridgehead atoms. The predicted molar refractivity (Wildman–Crippen MR) is 87.3 cm³/mol. The maximum Gasteiger partial charge on any atom is 0.0473 e. The molecule has 3 fully saturated rings. The Morgan fingerprint density at radius 2 is 1.76 bits per heavy atom. The minimum atomic E-state index is 0.436. The van der Waals surface area contributed by atoms with Crippen molar-refractivity contribution in [2.75, 3.05) is 13.1 Å². The molecular formula is C19H28N2. The van der Waals surface area contributed by atoms with E-state index in [0.717, 1.165) is 24.4 Å². The van der Waals surface area contributed by atoms with Crippen molar-refractivity contribution >= 4 is 0 Å². The SMILES string of the molecule is NCC(c1ccc(C2CC2)cc1)N1CCC2CCCCC21. The summed E-state index contributed by atoms with van der Waals surface area (Å²) in [5.41, 5.74) is 9.15. The third-order valence-electron chi connectivity index (χ3n) is 6.05. The van der Waals surface area contributed by atoms with Gasteiger partial charge in [-0.05, 0) is 61.6 Å². The zero-order valence-corrected chi connectivity index (χ0v) is 13.0. The molecule has 1 aromatic rings. The monoisotopic (exact) mass is 284 g/mol. The van der Waals surface area contributed by atoms with Gasteiger partial charge in [0.25, 0.3) is 0 Å². The molecule has 2 aliphatic carbocycles. The fourth-order valence-corrected chi connectivity index (χ4v) is 4.70. The van der Waals surface area contributed by atoms with Crippen LogP contribution in [0.3, 0.4) is 0 Å². The molecule has 0 amide bonds. The highest BCUT2D eigenvalue weighted by Crippen LogP contribution is 2.42. The van der Waals surface area contributed by atoms with E-state index in [1.54, 1.807) is 0 Å². The van der Waals surface area contributed by atoms with Gasteiger partial charge < -0.3 is 5.73 Å². The van der Waals surface area contributed by atoms with E-state index in [1.165, 1.54) is 62.6 Å². The van der Waals surface area contributed by atoms with Crippen molar-refractivity contribution < 1.29 is 0 Å². The van der Waals surface area contributed by atoms with Crippen LogP contribution in [0.25, 0.3) is 0 Å². The van der Waals surface area contributed by atoms with E-state index in [1.807, 2.05) is 0 Å². The summed E-state index contributed by atoms with van der Waals surface area (Å²) in [5.74, 6) is 1.79. The minimum Gasteiger partial charge on any atom is -0.329 e. The van der Waals surface area contributed by atoms with Gasteiger partial charge in [-0.1, -0.05) is 37.1 Å². The normalized spacial score (nSPS) is 31.1. The summed E-state index contributed by atoms with van der Waals surface area (Å²) in [5, 5.41) is 0. The Morgan fingerprint density at radius 3 is 2.48 bits per heavy atom. The summed E-state index contributed by atoms with van der Waals surface area (Å²) in [4.78, 5) is 2.73. The fraction of sp³-hybridized carbons (Fsp3) is 0.684. The van der Waals surface area contributed by atoms with Gasteiger partial charge in [-0.15, -0.1) is 0 Å². The van der Waals surface area contributed by atoms with Gasteiger partial charge in [0, 0.05) is 18.6 Å². The van der Waals surface area contributed by atoms with Gasteiger partial charge in [0.15, 0.2) is 0 Å². The van der Waals surface area contributed by atoms with Crippen molar-refractivity contribution in [3.8, 4) is 0 Å². The Hall–Kier alpha value is -0.860. The van der Waals surface area contributed by atoms with Gasteiger partial charge in [-0.3, -0.25) is 4.90 Å². The zero-order valence-electron chi connectivity index (χ0n) is 13.0. The van der Waals surface area contributed by atoms with Crippen LogP contribution in [0.15, 0.2) is 24.3 Å². The van der Waals surface area contributed by atoms with Gasteiger partial charge in [0.2, 0.25) is 0 Å². The van der Waals surface area contributed by atoms with Gasteiger partial charge in [-0.2, -0.15) is 0 Å². The van der Waals surface area contributed by atoms with E-state index in [9.17, 15) is 0 Å². The standard InChI is InChI=1S/C19H28N2/c20-13-19(17-9-7-15(8-10-17)14-5-6-14)21-12-11-16-3-1-2-4-18(16)21/h7-10,14,16,18-19H,1-6,11-13,20H2. The molecule has 0 spiro atoms. The van der Waals surface area contributed by atoms with Crippen LogP contribution >= 0.6 is 0 Å². The van der Waals surface area contributed by atoms with E-state index in [-0.39, 0.29) is 0 Å². The quantitative estimate of drug-likeness (QED) is 0.910. The lowest BCUT2D eigenvalue weighted by Crippen LogP contribution is -2.40. The summed E-state index contributed by atoms with van der Waals surface area (Å²) in [7, 11) is 0. The molecule has 1 saturated heterocycles. The van der Waals surface area contributed by atoms with Crippen molar-refractivity contribution in [2.45, 2.75) is 62.9 Å². The second-order valence-electron chi connectivity index (χ2n) is 7.33. The lowest BCUT2D eigenvalue weighted by molar-refractivity contribution is 0.135. The number of benzene rings is 1. The molecule has 0 aromatic heterocycles. The van der Waals surface area contributed by atoms with Crippen LogP contribution in [0.5, 0.6) is 0 Å². The number of hydrogen-bond donors (Lipinski definition) is 1. The van der Waals surface area contributed by atoms with Crippen LogP contribution in [-0.4, -0.2) is 24.0 Å². The molecule has 1 heterocycles. The van der Waals surface area contributed by atoms with E-state index in [2.05, 4.69) is 29.2 Å². The second-order valence-corrected chi connectivity index (χ2v) is 7.33. The molecule has 1 aromatic carbocycles. The van der Waals surface area contributed by atoms with Crippen LogP contribution in [-0.2, 0) is 0 Å². The first-order valence-electron chi connectivity index (χ1n) is 8.92. The lowest BCUT2D eigenvalue weighted by atomic mass is 9.84. The molecule has 2 nitrogen and oxygen atoms in total. The largest absolute Gasteiger partial charge is 0.329 e. The molecule has 2 saturated carbocycles. The average Bonchev–Trinajstić information content (AvgIpc) is 3.30. The average molecular weight is 284 g/mol. The Kier molecular flexibility index (Phi) is 3.76. The summed E-state index contributed by atoms with van der Waals surface area (Å²) in [6.45, 7) is 2.01. The molecule has 3 aliphatic rings. The highest BCUT2D eigenvalue weighted by molar-refractivity contribution is 5.30. The topological polar surface area (TPSA) is 29.3 Å². The molecule has 114 valence electrons. The molecule has 4 rings (SSSR count). The zero-order chi connectivity index (χ0) is 14.2. The van der Waals surface area contributed by atoms with Gasteiger partial charge >= 0.3 is 0 Å². The van der Waals surface area contributed by atoms with Crippen LogP contribution in [0.1, 0.15) is 68.0 Å². The Balaban J connectivity index is 1.53. The van der Waals surface area contributed by atoms with Crippen molar-refractivity contribution in [3.63, 3.8) is 0 Å². The molecule has 2 heteroatoms. The first kappa shape index (κ1) is 13.8. The maximum atomic E-state index is 6.17. The molecule has 21 heavy (non-hydrogen) atoms.